The summed E-state index contributed by atoms with van der Waals surface area (Å²) in [6, 6.07) is 53.6. The van der Waals surface area contributed by atoms with Crippen LogP contribution in [0.5, 0.6) is 5.75 Å². The Morgan fingerprint density at radius 1 is 0.581 bits per heavy atom. The van der Waals surface area contributed by atoms with Gasteiger partial charge in [-0.1, -0.05) is 130 Å². The van der Waals surface area contributed by atoms with Crippen molar-refractivity contribution in [2.45, 2.75) is 26.2 Å². The molecule has 3 aromatic heterocycles. The number of allylic oxidation sites excluding steroid dienone is 2. The van der Waals surface area contributed by atoms with Crippen molar-refractivity contribution in [2.75, 3.05) is 5.32 Å². The molecule has 0 atom stereocenters. The Bertz CT molecular complexity index is 3760. The maximum absolute atomic E-state index is 6.73. The average Bonchev–Trinajstić information content (AvgIpc) is 3.94. The predicted octanol–water partition coefficient (Wildman–Crippen LogP) is 13.7. The Kier molecular flexibility index (Phi) is 7.17. The largest absolute Gasteiger partial charge is 0.456 e. The third-order valence-electron chi connectivity index (χ3n) is 12.9. The van der Waals surface area contributed by atoms with Gasteiger partial charge in [-0.3, -0.25) is 0 Å². The summed E-state index contributed by atoms with van der Waals surface area (Å²) in [7, 11) is 2.36. The van der Waals surface area contributed by atoms with E-state index >= 15 is 0 Å². The minimum absolute atomic E-state index is 0.0490. The van der Waals surface area contributed by atoms with Crippen LogP contribution in [0.1, 0.15) is 37.5 Å². The second-order valence-corrected chi connectivity index (χ2v) is 17.7. The number of fused-ring (bicyclic) bond motifs is 12. The number of aromatic nitrogens is 1. The van der Waals surface area contributed by atoms with E-state index in [0.717, 1.165) is 128 Å². The third-order valence-corrected chi connectivity index (χ3v) is 12.9. The van der Waals surface area contributed by atoms with E-state index in [2.05, 4.69) is 154 Å². The summed E-state index contributed by atoms with van der Waals surface area (Å²) < 4.78 is 22.2. The van der Waals surface area contributed by atoms with E-state index in [-0.39, 0.29) is 5.41 Å². The normalized spacial score (nSPS) is 13.5. The van der Waals surface area contributed by atoms with Crippen LogP contribution in [0.15, 0.2) is 173 Å². The Hall–Kier alpha value is -7.70. The van der Waals surface area contributed by atoms with Crippen molar-refractivity contribution in [1.82, 2.24) is 4.57 Å². The molecule has 8 aromatic carbocycles. The number of nitrogens with one attached hydrogen (secondary N) is 1. The van der Waals surface area contributed by atoms with Crippen LogP contribution in [-0.4, -0.2) is 11.8 Å². The molecular formula is C56H38BN2O3. The van der Waals surface area contributed by atoms with Crippen LogP contribution in [-0.2, 0) is 5.41 Å². The van der Waals surface area contributed by atoms with E-state index in [1.807, 2.05) is 48.5 Å². The lowest BCUT2D eigenvalue weighted by Crippen LogP contribution is -2.37. The number of furan rings is 2. The van der Waals surface area contributed by atoms with Crippen LogP contribution < -0.4 is 21.0 Å². The number of hydrogen-bond donors (Lipinski definition) is 1. The smallest absolute Gasteiger partial charge is 0.197 e. The van der Waals surface area contributed by atoms with Gasteiger partial charge in [0.15, 0.2) is 7.28 Å². The molecule has 0 spiro atoms. The zero-order chi connectivity index (χ0) is 41.4. The van der Waals surface area contributed by atoms with Crippen LogP contribution in [0.4, 0.5) is 11.4 Å². The molecule has 0 unspecified atom stereocenters. The molecule has 2 aliphatic rings. The van der Waals surface area contributed by atoms with Crippen LogP contribution in [0.25, 0.3) is 93.8 Å². The van der Waals surface area contributed by atoms with Gasteiger partial charge in [0.05, 0.1) is 11.2 Å². The van der Waals surface area contributed by atoms with Gasteiger partial charge in [-0.2, -0.15) is 0 Å². The van der Waals surface area contributed by atoms with E-state index < -0.39 is 0 Å². The first-order valence-electron chi connectivity index (χ1n) is 21.2. The van der Waals surface area contributed by atoms with Crippen LogP contribution >= 0.6 is 0 Å². The lowest BCUT2D eigenvalue weighted by molar-refractivity contribution is 0.509. The Balaban J connectivity index is 1.08. The summed E-state index contributed by atoms with van der Waals surface area (Å²) in [6.07, 6.45) is 2.05. The van der Waals surface area contributed by atoms with Gasteiger partial charge in [0.25, 0.3) is 0 Å². The molecule has 0 amide bonds. The number of nitrogens with zero attached hydrogens (tertiary/aromatic N) is 1. The molecule has 1 radical (unpaired) electrons. The number of benzene rings is 8. The Morgan fingerprint density at radius 2 is 1.27 bits per heavy atom. The first-order chi connectivity index (χ1) is 30.2. The first-order valence-corrected chi connectivity index (χ1v) is 21.2. The minimum atomic E-state index is 0.0490. The van der Waals surface area contributed by atoms with Gasteiger partial charge in [-0.25, -0.2) is 0 Å². The zero-order valence-corrected chi connectivity index (χ0v) is 34.5. The van der Waals surface area contributed by atoms with E-state index in [1.54, 1.807) is 0 Å². The highest BCUT2D eigenvalue weighted by Crippen LogP contribution is 2.45. The molecule has 293 valence electrons. The fourth-order valence-electron chi connectivity index (χ4n) is 9.80. The zero-order valence-electron chi connectivity index (χ0n) is 34.5. The average molecular weight is 798 g/mol. The molecule has 2 aliphatic heterocycles. The summed E-state index contributed by atoms with van der Waals surface area (Å²) in [5.74, 6) is 1.57. The monoisotopic (exact) mass is 797 g/mol. The van der Waals surface area contributed by atoms with Gasteiger partial charge in [0.2, 0.25) is 0 Å². The summed E-state index contributed by atoms with van der Waals surface area (Å²) in [4.78, 5) is 0. The SMILES string of the molecule is C=C1C=C(c2ccccc2)Oc2cc3c(cc21)[B]c1c(-c2cc4c(cc2Nc2ccc(C(C)(C)C)cc2)oc2ccccc24)ccc2c4cc5c(cc4n-3c12)oc1ccccc15. The molecule has 0 bridgehead atoms. The molecule has 6 heteroatoms. The Labute approximate surface area is 358 Å². The Morgan fingerprint density at radius 3 is 2.02 bits per heavy atom. The number of para-hydroxylation sites is 2. The fourth-order valence-corrected chi connectivity index (χ4v) is 9.80. The fraction of sp³-hybridized carbons (Fsp3) is 0.0714. The van der Waals surface area contributed by atoms with Crippen molar-refractivity contribution < 1.29 is 13.6 Å². The number of anilines is 2. The van der Waals surface area contributed by atoms with Crippen molar-refractivity contribution in [3.05, 3.63) is 181 Å². The van der Waals surface area contributed by atoms with Crippen LogP contribution in [0, 0.1) is 0 Å². The van der Waals surface area contributed by atoms with Gasteiger partial charge in [-0.15, -0.1) is 0 Å². The van der Waals surface area contributed by atoms with Crippen molar-refractivity contribution in [1.29, 1.82) is 0 Å². The molecular weight excluding hydrogens is 759 g/mol. The van der Waals surface area contributed by atoms with Gasteiger partial charge in [0.1, 0.15) is 33.8 Å². The molecule has 11 aromatic rings. The summed E-state index contributed by atoms with van der Waals surface area (Å²) >= 11 is 0. The molecule has 0 fully saturated rings. The molecule has 0 saturated carbocycles. The van der Waals surface area contributed by atoms with Gasteiger partial charge in [-0.05, 0) is 70.1 Å². The molecule has 0 saturated heterocycles. The molecule has 0 aliphatic carbocycles. The number of hydrogen-bond acceptors (Lipinski definition) is 4. The maximum Gasteiger partial charge on any atom is 0.197 e. The molecule has 5 heterocycles. The quantitative estimate of drug-likeness (QED) is 0.180. The maximum atomic E-state index is 6.73. The molecule has 1 N–H and O–H groups in total. The summed E-state index contributed by atoms with van der Waals surface area (Å²) in [5.41, 5.74) is 17.3. The minimum Gasteiger partial charge on any atom is -0.456 e. The van der Waals surface area contributed by atoms with Gasteiger partial charge < -0.3 is 23.5 Å². The van der Waals surface area contributed by atoms with Crippen molar-refractivity contribution in [3.63, 3.8) is 0 Å². The van der Waals surface area contributed by atoms with E-state index in [1.165, 1.54) is 10.9 Å². The van der Waals surface area contributed by atoms with Crippen LogP contribution in [0.2, 0.25) is 0 Å². The first kappa shape index (κ1) is 35.1. The van der Waals surface area contributed by atoms with Crippen LogP contribution in [0.3, 0.4) is 0 Å². The highest BCUT2D eigenvalue weighted by atomic mass is 16.5. The summed E-state index contributed by atoms with van der Waals surface area (Å²) in [5, 5.41) is 10.5. The molecule has 5 nitrogen and oxygen atoms in total. The van der Waals surface area contributed by atoms with Gasteiger partial charge >= 0.3 is 0 Å². The molecule has 62 heavy (non-hydrogen) atoms. The highest BCUT2D eigenvalue weighted by molar-refractivity contribution is 6.73. The number of ether oxygens (including phenoxy) is 1. The van der Waals surface area contributed by atoms with E-state index in [9.17, 15) is 0 Å². The molecule has 13 rings (SSSR count). The lowest BCUT2D eigenvalue weighted by Gasteiger charge is -2.27. The van der Waals surface area contributed by atoms with E-state index in [0.29, 0.717) is 0 Å². The highest BCUT2D eigenvalue weighted by Gasteiger charge is 2.30. The predicted molar refractivity (Wildman–Crippen MR) is 258 cm³/mol. The standard InChI is InChI=1S/C56H38BN2O3/c1-31-24-50(32-12-6-5-7-13-32)62-52-30-47-44(27-39(31)52)57-54-37(22-23-38-41-26-43-36-15-9-11-17-49(36)61-53(43)29-46(41)59(47)55(38)54)40-25-42-35-14-8-10-16-48(35)60-51(42)28-45(40)58-34-20-18-33(19-21-34)56(2,3)4/h5-30,58H,1H2,2-4H3. The van der Waals surface area contributed by atoms with E-state index in [4.69, 9.17) is 13.6 Å². The second kappa shape index (κ2) is 12.7. The summed E-state index contributed by atoms with van der Waals surface area (Å²) in [6.45, 7) is 11.3. The van der Waals surface area contributed by atoms with Crippen molar-refractivity contribution in [3.8, 4) is 22.6 Å². The third kappa shape index (κ3) is 5.16. The van der Waals surface area contributed by atoms with Gasteiger partial charge in [0, 0.05) is 84.1 Å². The lowest BCUT2D eigenvalue weighted by atomic mass is 9.58. The number of rotatable bonds is 4. The second-order valence-electron chi connectivity index (χ2n) is 17.7. The topological polar surface area (TPSA) is 52.5 Å². The van der Waals surface area contributed by atoms with Crippen molar-refractivity contribution in [2.24, 2.45) is 0 Å². The van der Waals surface area contributed by atoms with Crippen molar-refractivity contribution >= 4 is 107 Å².